The van der Waals surface area contributed by atoms with E-state index in [2.05, 4.69) is 11.1 Å². The van der Waals surface area contributed by atoms with Crippen molar-refractivity contribution < 1.29 is 9.53 Å². The van der Waals surface area contributed by atoms with Crippen LogP contribution in [0.5, 0.6) is 5.75 Å². The van der Waals surface area contributed by atoms with Gasteiger partial charge in [0.1, 0.15) is 11.8 Å². The minimum atomic E-state index is -0.193. The van der Waals surface area contributed by atoms with Crippen molar-refractivity contribution in [2.45, 2.75) is 6.92 Å². The lowest BCUT2D eigenvalue weighted by molar-refractivity contribution is -0.129. The van der Waals surface area contributed by atoms with Crippen molar-refractivity contribution in [3.05, 3.63) is 58.6 Å². The first-order valence-corrected chi connectivity index (χ1v) is 9.35. The van der Waals surface area contributed by atoms with Gasteiger partial charge >= 0.3 is 0 Å². The number of rotatable bonds is 4. The summed E-state index contributed by atoms with van der Waals surface area (Å²) in [5.41, 5.74) is 2.02. The molecule has 2 aromatic rings. The van der Waals surface area contributed by atoms with Gasteiger partial charge in [0.25, 0.3) is 5.91 Å². The molecule has 1 aliphatic rings. The highest BCUT2D eigenvalue weighted by Gasteiger charge is 2.26. The minimum Gasteiger partial charge on any atom is -0.482 e. The van der Waals surface area contributed by atoms with Crippen molar-refractivity contribution in [1.29, 1.82) is 5.26 Å². The van der Waals surface area contributed by atoms with Gasteiger partial charge in [0.2, 0.25) is 0 Å². The van der Waals surface area contributed by atoms with Crippen LogP contribution >= 0.6 is 23.4 Å². The van der Waals surface area contributed by atoms with Crippen molar-refractivity contribution in [1.82, 2.24) is 4.90 Å². The SMILES string of the molecule is Cc1c(Cl)cccc1N=C1SCCN1C(=O)COc1ccccc1C#N. The van der Waals surface area contributed by atoms with E-state index in [4.69, 9.17) is 21.6 Å². The molecule has 1 aliphatic heterocycles. The number of thioether (sulfide) groups is 1. The molecule has 0 spiro atoms. The number of nitrogens with zero attached hydrogens (tertiary/aromatic N) is 3. The fourth-order valence-electron chi connectivity index (χ4n) is 2.45. The van der Waals surface area contributed by atoms with Gasteiger partial charge in [-0.3, -0.25) is 9.69 Å². The van der Waals surface area contributed by atoms with Crippen LogP contribution in [0.4, 0.5) is 5.69 Å². The normalized spacial score (nSPS) is 15.1. The number of carbonyl (C=O) groups is 1. The molecule has 0 radical (unpaired) electrons. The lowest BCUT2D eigenvalue weighted by atomic mass is 10.2. The summed E-state index contributed by atoms with van der Waals surface area (Å²) in [7, 11) is 0. The van der Waals surface area contributed by atoms with Gasteiger partial charge in [0, 0.05) is 17.3 Å². The number of amides is 1. The van der Waals surface area contributed by atoms with E-state index in [0.29, 0.717) is 28.0 Å². The molecular weight excluding hydrogens is 370 g/mol. The van der Waals surface area contributed by atoms with E-state index in [0.717, 1.165) is 17.0 Å². The first-order valence-electron chi connectivity index (χ1n) is 7.99. The van der Waals surface area contributed by atoms with Crippen LogP contribution in [0.1, 0.15) is 11.1 Å². The zero-order valence-corrected chi connectivity index (χ0v) is 15.7. The molecule has 1 fully saturated rings. The molecular formula is C19H16ClN3O2S. The van der Waals surface area contributed by atoms with E-state index in [1.807, 2.05) is 25.1 Å². The Morgan fingerprint density at radius 2 is 2.15 bits per heavy atom. The second-order valence-electron chi connectivity index (χ2n) is 5.57. The van der Waals surface area contributed by atoms with E-state index in [9.17, 15) is 4.79 Å². The summed E-state index contributed by atoms with van der Waals surface area (Å²) >= 11 is 7.66. The number of hydrogen-bond donors (Lipinski definition) is 0. The first kappa shape index (κ1) is 18.3. The maximum atomic E-state index is 12.6. The number of amidine groups is 1. The maximum absolute atomic E-state index is 12.6. The third-order valence-electron chi connectivity index (χ3n) is 3.89. The van der Waals surface area contributed by atoms with Gasteiger partial charge in [-0.25, -0.2) is 4.99 Å². The molecule has 0 bridgehead atoms. The predicted octanol–water partition coefficient (Wildman–Crippen LogP) is 4.16. The zero-order valence-electron chi connectivity index (χ0n) is 14.1. The van der Waals surface area contributed by atoms with Crippen LogP contribution in [-0.2, 0) is 4.79 Å². The van der Waals surface area contributed by atoms with Crippen LogP contribution in [0.2, 0.25) is 5.02 Å². The van der Waals surface area contributed by atoms with E-state index >= 15 is 0 Å². The molecule has 0 aliphatic carbocycles. The van der Waals surface area contributed by atoms with E-state index in [-0.39, 0.29) is 12.5 Å². The Kier molecular flexibility index (Phi) is 5.82. The molecule has 2 aromatic carbocycles. The van der Waals surface area contributed by atoms with Gasteiger partial charge in [-0.1, -0.05) is 41.6 Å². The number of hydrogen-bond acceptors (Lipinski definition) is 5. The third kappa shape index (κ3) is 4.01. The molecule has 7 heteroatoms. The molecule has 132 valence electrons. The molecule has 3 rings (SSSR count). The number of ether oxygens (including phenoxy) is 1. The van der Waals surface area contributed by atoms with Crippen LogP contribution in [0, 0.1) is 18.3 Å². The smallest absolute Gasteiger partial charge is 0.266 e. The van der Waals surface area contributed by atoms with Crippen LogP contribution in [-0.4, -0.2) is 34.9 Å². The number of para-hydroxylation sites is 1. The Balaban J connectivity index is 1.73. The van der Waals surface area contributed by atoms with Crippen molar-refractivity contribution in [2.24, 2.45) is 4.99 Å². The Hall–Kier alpha value is -2.49. The summed E-state index contributed by atoms with van der Waals surface area (Å²) in [4.78, 5) is 18.8. The highest BCUT2D eigenvalue weighted by molar-refractivity contribution is 8.14. The lowest BCUT2D eigenvalue weighted by Gasteiger charge is -2.17. The number of benzene rings is 2. The highest BCUT2D eigenvalue weighted by Crippen LogP contribution is 2.29. The molecule has 0 saturated carbocycles. The van der Waals surface area contributed by atoms with Gasteiger partial charge in [-0.15, -0.1) is 0 Å². The van der Waals surface area contributed by atoms with Crippen molar-refractivity contribution in [3.63, 3.8) is 0 Å². The fraction of sp³-hybridized carbons (Fsp3) is 0.211. The van der Waals surface area contributed by atoms with Gasteiger partial charge < -0.3 is 4.74 Å². The number of halogens is 1. The average molecular weight is 386 g/mol. The quantitative estimate of drug-likeness (QED) is 0.792. The standard InChI is InChI=1S/C19H16ClN3O2S/c1-13-15(20)6-4-7-16(13)22-19-23(9-10-26-19)18(24)12-25-17-8-3-2-5-14(17)11-21/h2-8H,9-10,12H2,1H3. The first-order chi connectivity index (χ1) is 12.6. The Labute approximate surface area is 161 Å². The zero-order chi connectivity index (χ0) is 18.5. The molecule has 0 aromatic heterocycles. The molecule has 1 amide bonds. The second kappa shape index (κ2) is 8.26. The molecule has 0 atom stereocenters. The molecule has 26 heavy (non-hydrogen) atoms. The van der Waals surface area contributed by atoms with Gasteiger partial charge in [-0.05, 0) is 36.8 Å². The van der Waals surface area contributed by atoms with Crippen LogP contribution < -0.4 is 4.74 Å². The summed E-state index contributed by atoms with van der Waals surface area (Å²) in [6.07, 6.45) is 0. The van der Waals surface area contributed by atoms with Crippen molar-refractivity contribution in [3.8, 4) is 11.8 Å². The lowest BCUT2D eigenvalue weighted by Crippen LogP contribution is -2.35. The molecule has 1 heterocycles. The van der Waals surface area contributed by atoms with Crippen molar-refractivity contribution in [2.75, 3.05) is 18.9 Å². The third-order valence-corrected chi connectivity index (χ3v) is 5.26. The fourth-order valence-corrected chi connectivity index (χ4v) is 3.59. The van der Waals surface area contributed by atoms with E-state index in [1.54, 1.807) is 29.2 Å². The Morgan fingerprint density at radius 3 is 2.96 bits per heavy atom. The summed E-state index contributed by atoms with van der Waals surface area (Å²) in [5, 5.41) is 10.4. The number of nitriles is 1. The number of carbonyl (C=O) groups excluding carboxylic acids is 1. The summed E-state index contributed by atoms with van der Waals surface area (Å²) in [6.45, 7) is 2.33. The molecule has 5 nitrogen and oxygen atoms in total. The van der Waals surface area contributed by atoms with E-state index in [1.165, 1.54) is 11.8 Å². The van der Waals surface area contributed by atoms with Crippen molar-refractivity contribution >= 4 is 40.1 Å². The summed E-state index contributed by atoms with van der Waals surface area (Å²) < 4.78 is 5.54. The number of aliphatic imine (C=N–C) groups is 1. The topological polar surface area (TPSA) is 65.7 Å². The maximum Gasteiger partial charge on any atom is 0.266 e. The van der Waals surface area contributed by atoms with Crippen LogP contribution in [0.15, 0.2) is 47.5 Å². The molecule has 0 N–H and O–H groups in total. The van der Waals surface area contributed by atoms with Crippen LogP contribution in [0.3, 0.4) is 0 Å². The summed E-state index contributed by atoms with van der Waals surface area (Å²) in [6, 6.07) is 14.4. The molecule has 1 saturated heterocycles. The average Bonchev–Trinajstić information content (AvgIpc) is 3.12. The van der Waals surface area contributed by atoms with Gasteiger partial charge in [-0.2, -0.15) is 5.26 Å². The summed E-state index contributed by atoms with van der Waals surface area (Å²) in [5.74, 6) is 0.986. The van der Waals surface area contributed by atoms with Gasteiger partial charge in [0.05, 0.1) is 11.3 Å². The second-order valence-corrected chi connectivity index (χ2v) is 7.04. The minimum absolute atomic E-state index is 0.146. The van der Waals surface area contributed by atoms with Gasteiger partial charge in [0.15, 0.2) is 11.8 Å². The Bertz CT molecular complexity index is 908. The monoisotopic (exact) mass is 385 g/mol. The van der Waals surface area contributed by atoms with Crippen LogP contribution in [0.25, 0.3) is 0 Å². The Morgan fingerprint density at radius 1 is 1.35 bits per heavy atom. The molecule has 0 unspecified atom stereocenters. The predicted molar refractivity (Wildman–Crippen MR) is 104 cm³/mol. The largest absolute Gasteiger partial charge is 0.482 e. The highest BCUT2D eigenvalue weighted by atomic mass is 35.5. The van der Waals surface area contributed by atoms with E-state index < -0.39 is 0 Å².